The van der Waals surface area contributed by atoms with Gasteiger partial charge in [0, 0.05) is 10.0 Å². The lowest BCUT2D eigenvalue weighted by atomic mass is 10.0. The largest absolute Gasteiger partial charge is 0.294 e. The maximum Gasteiger partial charge on any atom is 0.261 e. The molecule has 6 heteroatoms. The predicted octanol–water partition coefficient (Wildman–Crippen LogP) is 3.76. The lowest BCUT2D eigenvalue weighted by Crippen LogP contribution is -2.14. The van der Waals surface area contributed by atoms with E-state index in [4.69, 9.17) is 0 Å². The minimum absolute atomic E-state index is 0.0998. The molecule has 0 radical (unpaired) electrons. The van der Waals surface area contributed by atoms with Gasteiger partial charge < -0.3 is 0 Å². The topological polar surface area (TPSA) is 63.2 Å². The van der Waals surface area contributed by atoms with Crippen molar-refractivity contribution < 1.29 is 13.2 Å². The quantitative estimate of drug-likeness (QED) is 0.836. The molecule has 2 aromatic rings. The summed E-state index contributed by atoms with van der Waals surface area (Å²) in [6.45, 7) is 3.17. The number of benzene rings is 2. The first-order chi connectivity index (χ1) is 9.81. The van der Waals surface area contributed by atoms with Gasteiger partial charge >= 0.3 is 0 Å². The summed E-state index contributed by atoms with van der Waals surface area (Å²) >= 11 is 3.26. The fraction of sp³-hybridized carbons (Fsp3) is 0.133. The van der Waals surface area contributed by atoms with Crippen molar-refractivity contribution in [2.75, 3.05) is 4.72 Å². The van der Waals surface area contributed by atoms with Gasteiger partial charge in [-0.25, -0.2) is 8.42 Å². The Morgan fingerprint density at radius 3 is 2.29 bits per heavy atom. The number of anilines is 1. The number of carbonyl (C=O) groups is 1. The maximum atomic E-state index is 12.3. The van der Waals surface area contributed by atoms with E-state index in [1.54, 1.807) is 37.3 Å². The minimum Gasteiger partial charge on any atom is -0.294 e. The predicted molar refractivity (Wildman–Crippen MR) is 86.1 cm³/mol. The van der Waals surface area contributed by atoms with E-state index in [2.05, 4.69) is 20.7 Å². The molecular formula is C15H14BrNO3S. The first-order valence-corrected chi connectivity index (χ1v) is 8.48. The monoisotopic (exact) mass is 367 g/mol. The van der Waals surface area contributed by atoms with E-state index in [1.165, 1.54) is 19.1 Å². The normalized spacial score (nSPS) is 11.2. The average molecular weight is 368 g/mol. The number of hydrogen-bond acceptors (Lipinski definition) is 3. The number of sulfonamides is 1. The molecule has 1 N–H and O–H groups in total. The van der Waals surface area contributed by atoms with Crippen molar-refractivity contribution in [2.45, 2.75) is 18.7 Å². The third-order valence-corrected chi connectivity index (χ3v) is 4.99. The maximum absolute atomic E-state index is 12.3. The lowest BCUT2D eigenvalue weighted by Gasteiger charge is -2.12. The fourth-order valence-electron chi connectivity index (χ4n) is 1.95. The molecule has 2 rings (SSSR count). The van der Waals surface area contributed by atoms with E-state index in [9.17, 15) is 13.2 Å². The van der Waals surface area contributed by atoms with Crippen LogP contribution in [-0.4, -0.2) is 14.2 Å². The summed E-state index contributed by atoms with van der Waals surface area (Å²) in [5, 5.41) is 0. The summed E-state index contributed by atoms with van der Waals surface area (Å²) in [7, 11) is -3.68. The summed E-state index contributed by atoms with van der Waals surface area (Å²) in [6.07, 6.45) is 0. The summed E-state index contributed by atoms with van der Waals surface area (Å²) in [4.78, 5) is 11.7. The first-order valence-electron chi connectivity index (χ1n) is 6.20. The van der Waals surface area contributed by atoms with E-state index in [0.29, 0.717) is 16.8 Å². The number of halogens is 1. The van der Waals surface area contributed by atoms with E-state index < -0.39 is 10.0 Å². The Morgan fingerprint density at radius 2 is 1.71 bits per heavy atom. The molecule has 0 unspecified atom stereocenters. The molecular weight excluding hydrogens is 354 g/mol. The van der Waals surface area contributed by atoms with Crippen LogP contribution in [0.1, 0.15) is 22.8 Å². The molecule has 0 aliphatic heterocycles. The van der Waals surface area contributed by atoms with Crippen molar-refractivity contribution in [3.05, 3.63) is 58.1 Å². The van der Waals surface area contributed by atoms with E-state index in [1.807, 2.05) is 0 Å². The third-order valence-electron chi connectivity index (χ3n) is 3.08. The molecule has 0 spiro atoms. The van der Waals surface area contributed by atoms with Crippen LogP contribution in [0, 0.1) is 6.92 Å². The van der Waals surface area contributed by atoms with Crippen LogP contribution in [0.25, 0.3) is 0 Å². The number of Topliss-reactive ketones (excluding diaryl/α,β-unsaturated/α-hetero) is 1. The first kappa shape index (κ1) is 15.7. The highest BCUT2D eigenvalue weighted by molar-refractivity contribution is 9.10. The molecule has 0 aromatic heterocycles. The molecule has 0 bridgehead atoms. The number of nitrogens with one attached hydrogen (secondary N) is 1. The van der Waals surface area contributed by atoms with Crippen molar-refractivity contribution in [2.24, 2.45) is 0 Å². The minimum atomic E-state index is -3.68. The zero-order chi connectivity index (χ0) is 15.6. The smallest absolute Gasteiger partial charge is 0.261 e. The van der Waals surface area contributed by atoms with E-state index in [-0.39, 0.29) is 10.7 Å². The van der Waals surface area contributed by atoms with Crippen LogP contribution < -0.4 is 4.72 Å². The average Bonchev–Trinajstić information content (AvgIpc) is 2.41. The van der Waals surface area contributed by atoms with Crippen molar-refractivity contribution in [1.82, 2.24) is 0 Å². The lowest BCUT2D eigenvalue weighted by molar-refractivity contribution is 0.101. The Bertz CT molecular complexity index is 783. The van der Waals surface area contributed by atoms with Gasteiger partial charge in [0.25, 0.3) is 10.0 Å². The van der Waals surface area contributed by atoms with E-state index >= 15 is 0 Å². The Labute approximate surface area is 132 Å². The van der Waals surface area contributed by atoms with Crippen LogP contribution in [0.5, 0.6) is 0 Å². The molecule has 0 atom stereocenters. The molecule has 0 aliphatic rings. The van der Waals surface area contributed by atoms with Crippen molar-refractivity contribution in [1.29, 1.82) is 0 Å². The van der Waals surface area contributed by atoms with Crippen LogP contribution in [0.2, 0.25) is 0 Å². The number of ketones is 1. The Hall–Kier alpha value is -1.66. The second-order valence-corrected chi connectivity index (χ2v) is 7.19. The Balaban J connectivity index is 2.39. The van der Waals surface area contributed by atoms with Gasteiger partial charge in [0.15, 0.2) is 5.78 Å². The molecule has 0 fully saturated rings. The summed E-state index contributed by atoms with van der Waals surface area (Å²) in [5.74, 6) is -0.0998. The van der Waals surface area contributed by atoms with Crippen molar-refractivity contribution in [3.8, 4) is 0 Å². The molecule has 110 valence electrons. The van der Waals surface area contributed by atoms with Crippen LogP contribution in [0.4, 0.5) is 5.69 Å². The van der Waals surface area contributed by atoms with Crippen LogP contribution in [0.3, 0.4) is 0 Å². The van der Waals surface area contributed by atoms with Crippen LogP contribution >= 0.6 is 15.9 Å². The van der Waals surface area contributed by atoms with E-state index in [0.717, 1.165) is 4.47 Å². The Morgan fingerprint density at radius 1 is 1.10 bits per heavy atom. The number of carbonyl (C=O) groups excluding carboxylic acids is 1. The molecule has 0 heterocycles. The van der Waals surface area contributed by atoms with Crippen molar-refractivity contribution in [3.63, 3.8) is 0 Å². The van der Waals surface area contributed by atoms with Gasteiger partial charge in [0.2, 0.25) is 0 Å². The molecule has 0 aliphatic carbocycles. The molecule has 0 amide bonds. The molecule has 21 heavy (non-hydrogen) atoms. The zero-order valence-electron chi connectivity index (χ0n) is 11.6. The zero-order valence-corrected chi connectivity index (χ0v) is 14.0. The second-order valence-electron chi connectivity index (χ2n) is 4.59. The molecule has 2 aromatic carbocycles. The Kier molecular flexibility index (Phi) is 4.49. The number of rotatable bonds is 4. The van der Waals surface area contributed by atoms with Gasteiger partial charge in [0.1, 0.15) is 0 Å². The summed E-state index contributed by atoms with van der Waals surface area (Å²) in [6, 6.07) is 11.3. The summed E-state index contributed by atoms with van der Waals surface area (Å²) < 4.78 is 28.0. The molecule has 0 saturated carbocycles. The fourth-order valence-corrected chi connectivity index (χ4v) is 3.33. The SMILES string of the molecule is CC(=O)c1cccc(NS(=O)(=O)c2ccc(Br)cc2)c1C. The second kappa shape index (κ2) is 5.99. The van der Waals surface area contributed by atoms with Crippen molar-refractivity contribution >= 4 is 37.4 Å². The number of hydrogen-bond donors (Lipinski definition) is 1. The highest BCUT2D eigenvalue weighted by atomic mass is 79.9. The van der Waals surface area contributed by atoms with Gasteiger partial charge in [0.05, 0.1) is 10.6 Å². The molecule has 0 saturated heterocycles. The highest BCUT2D eigenvalue weighted by Crippen LogP contribution is 2.23. The van der Waals surface area contributed by atoms with Gasteiger partial charge in [-0.1, -0.05) is 28.1 Å². The molecule has 4 nitrogen and oxygen atoms in total. The summed E-state index contributed by atoms with van der Waals surface area (Å²) in [5.41, 5.74) is 1.53. The van der Waals surface area contributed by atoms with Gasteiger partial charge in [-0.05, 0) is 49.7 Å². The van der Waals surface area contributed by atoms with Gasteiger partial charge in [-0.2, -0.15) is 0 Å². The van der Waals surface area contributed by atoms with Crippen LogP contribution in [-0.2, 0) is 10.0 Å². The standard InChI is InChI=1S/C15H14BrNO3S/c1-10-14(11(2)18)4-3-5-15(10)17-21(19,20)13-8-6-12(16)7-9-13/h3-9,17H,1-2H3. The van der Waals surface area contributed by atoms with Crippen LogP contribution in [0.15, 0.2) is 51.8 Å². The van der Waals surface area contributed by atoms with Gasteiger partial charge in [-0.3, -0.25) is 9.52 Å². The van der Waals surface area contributed by atoms with Gasteiger partial charge in [-0.15, -0.1) is 0 Å². The highest BCUT2D eigenvalue weighted by Gasteiger charge is 2.16. The third kappa shape index (κ3) is 3.51.